The van der Waals surface area contributed by atoms with E-state index in [0.29, 0.717) is 17.8 Å². The van der Waals surface area contributed by atoms with Gasteiger partial charge in [-0.25, -0.2) is 4.98 Å². The van der Waals surface area contributed by atoms with Gasteiger partial charge in [-0.3, -0.25) is 4.79 Å². The van der Waals surface area contributed by atoms with E-state index in [2.05, 4.69) is 10.3 Å². The molecule has 0 aliphatic carbocycles. The van der Waals surface area contributed by atoms with Crippen molar-refractivity contribution in [3.8, 4) is 5.75 Å². The first-order valence-electron chi connectivity index (χ1n) is 10.9. The molecule has 0 atom stereocenters. The number of anilines is 1. The second-order valence-corrected chi connectivity index (χ2v) is 8.68. The van der Waals surface area contributed by atoms with Crippen LogP contribution < -0.4 is 15.5 Å². The van der Waals surface area contributed by atoms with Crippen molar-refractivity contribution < 1.29 is 32.0 Å². The van der Waals surface area contributed by atoms with Crippen LogP contribution in [0.1, 0.15) is 64.4 Å². The SMILES string of the molecule is CC.CCOc1cc(C(=O)Nc2cc(C(F)(F)F)ccn2)c(Cl)cc1B1OC(C)(C)C(C)(C)O1. The molecule has 2 aromatic rings. The lowest BCUT2D eigenvalue weighted by atomic mass is 9.78. The maximum Gasteiger partial charge on any atom is 0.498 e. The number of hydrogen-bond donors (Lipinski definition) is 1. The first kappa shape index (κ1) is 27.9. The predicted octanol–water partition coefficient (Wildman–Crippen LogP) is 5.73. The fraction of sp³-hybridized carbons (Fsp3) is 0.478. The van der Waals surface area contributed by atoms with Crippen LogP contribution in [0.4, 0.5) is 19.0 Å². The van der Waals surface area contributed by atoms with Crippen LogP contribution in [-0.2, 0) is 15.5 Å². The topological polar surface area (TPSA) is 69.7 Å². The lowest BCUT2D eigenvalue weighted by Crippen LogP contribution is -2.41. The van der Waals surface area contributed by atoms with Crippen molar-refractivity contribution in [3.63, 3.8) is 0 Å². The third-order valence-electron chi connectivity index (χ3n) is 5.48. The van der Waals surface area contributed by atoms with E-state index in [4.69, 9.17) is 25.6 Å². The quantitative estimate of drug-likeness (QED) is 0.531. The number of nitrogens with one attached hydrogen (secondary N) is 1. The van der Waals surface area contributed by atoms with E-state index in [0.717, 1.165) is 18.3 Å². The Morgan fingerprint density at radius 3 is 2.26 bits per heavy atom. The summed E-state index contributed by atoms with van der Waals surface area (Å²) in [5.41, 5.74) is -1.61. The van der Waals surface area contributed by atoms with Crippen molar-refractivity contribution in [2.75, 3.05) is 11.9 Å². The van der Waals surface area contributed by atoms with E-state index in [-0.39, 0.29) is 16.4 Å². The normalized spacial score (nSPS) is 16.5. The van der Waals surface area contributed by atoms with Crippen LogP contribution in [0.5, 0.6) is 5.75 Å². The van der Waals surface area contributed by atoms with E-state index < -0.39 is 36.0 Å². The molecule has 1 aromatic carbocycles. The van der Waals surface area contributed by atoms with Gasteiger partial charge in [0, 0.05) is 11.7 Å². The number of halogens is 4. The van der Waals surface area contributed by atoms with Crippen molar-refractivity contribution in [2.45, 2.75) is 65.8 Å². The molecule has 0 unspecified atom stereocenters. The maximum atomic E-state index is 12.9. The average Bonchev–Trinajstić information content (AvgIpc) is 2.97. The molecule has 1 saturated heterocycles. The van der Waals surface area contributed by atoms with Gasteiger partial charge in [0.1, 0.15) is 11.6 Å². The molecular formula is C23H29BClF3N2O4. The minimum Gasteiger partial charge on any atom is -0.494 e. The molecule has 0 saturated carbocycles. The lowest BCUT2D eigenvalue weighted by molar-refractivity contribution is -0.137. The Bertz CT molecular complexity index is 1020. The van der Waals surface area contributed by atoms with Crippen molar-refractivity contribution in [1.82, 2.24) is 4.98 Å². The fourth-order valence-corrected chi connectivity index (χ4v) is 3.29. The van der Waals surface area contributed by atoms with Crippen molar-refractivity contribution >= 4 is 35.9 Å². The minimum atomic E-state index is -4.56. The fourth-order valence-electron chi connectivity index (χ4n) is 3.04. The Morgan fingerprint density at radius 1 is 1.15 bits per heavy atom. The zero-order chi connectivity index (χ0) is 25.9. The maximum absolute atomic E-state index is 12.9. The van der Waals surface area contributed by atoms with E-state index in [1.165, 1.54) is 12.1 Å². The third kappa shape index (κ3) is 6.03. The van der Waals surface area contributed by atoms with Crippen LogP contribution in [0, 0.1) is 0 Å². The van der Waals surface area contributed by atoms with E-state index in [1.54, 1.807) is 6.92 Å². The van der Waals surface area contributed by atoms with Gasteiger partial charge in [0.2, 0.25) is 0 Å². The molecule has 2 heterocycles. The van der Waals surface area contributed by atoms with Crippen LogP contribution in [0.2, 0.25) is 5.02 Å². The lowest BCUT2D eigenvalue weighted by Gasteiger charge is -2.32. The van der Waals surface area contributed by atoms with Gasteiger partial charge in [0.05, 0.1) is 34.0 Å². The molecular weight excluding hydrogens is 472 g/mol. The Morgan fingerprint density at radius 2 is 1.74 bits per heavy atom. The number of amides is 1. The van der Waals surface area contributed by atoms with E-state index in [1.807, 2.05) is 41.5 Å². The van der Waals surface area contributed by atoms with Gasteiger partial charge in [0.15, 0.2) is 0 Å². The standard InChI is InChI=1S/C21H23BClF3N2O4.C2H6/c1-6-30-16-10-13(18(29)28-17-9-12(7-8-27-17)21(24,25)26)15(23)11-14(16)22-31-19(2,3)20(4,5)32-22;1-2/h7-11H,6H2,1-5H3,(H,27,28,29);1-2H3. The number of nitrogens with zero attached hydrogens (tertiary/aromatic N) is 1. The van der Waals surface area contributed by atoms with Gasteiger partial charge in [-0.05, 0) is 58.9 Å². The number of carbonyl (C=O) groups excluding carboxylic acids is 1. The first-order valence-corrected chi connectivity index (χ1v) is 11.3. The summed E-state index contributed by atoms with van der Waals surface area (Å²) < 4.78 is 56.6. The van der Waals surface area contributed by atoms with Crippen LogP contribution in [0.25, 0.3) is 0 Å². The molecule has 1 N–H and O–H groups in total. The van der Waals surface area contributed by atoms with Crippen LogP contribution in [0.15, 0.2) is 30.5 Å². The molecule has 1 amide bonds. The monoisotopic (exact) mass is 500 g/mol. The van der Waals surface area contributed by atoms with Gasteiger partial charge >= 0.3 is 13.3 Å². The Labute approximate surface area is 203 Å². The first-order chi connectivity index (χ1) is 15.7. The number of rotatable bonds is 5. The number of alkyl halides is 3. The molecule has 1 aromatic heterocycles. The largest absolute Gasteiger partial charge is 0.498 e. The molecule has 0 spiro atoms. The summed E-state index contributed by atoms with van der Waals surface area (Å²) >= 11 is 6.36. The Kier molecular flexibility index (Phi) is 8.66. The van der Waals surface area contributed by atoms with Gasteiger partial charge in [-0.2, -0.15) is 13.2 Å². The van der Waals surface area contributed by atoms with E-state index >= 15 is 0 Å². The van der Waals surface area contributed by atoms with Gasteiger partial charge in [-0.15, -0.1) is 0 Å². The number of aromatic nitrogens is 1. The highest BCUT2D eigenvalue weighted by Crippen LogP contribution is 2.38. The van der Waals surface area contributed by atoms with Crippen LogP contribution in [0.3, 0.4) is 0 Å². The Hall–Kier alpha value is -2.30. The molecule has 3 rings (SSSR count). The molecule has 1 fully saturated rings. The zero-order valence-electron chi connectivity index (χ0n) is 20.3. The molecule has 186 valence electrons. The number of benzene rings is 1. The summed E-state index contributed by atoms with van der Waals surface area (Å²) in [5.74, 6) is -0.672. The number of carbonyl (C=O) groups is 1. The smallest absolute Gasteiger partial charge is 0.494 e. The van der Waals surface area contributed by atoms with Gasteiger partial charge in [-0.1, -0.05) is 25.4 Å². The van der Waals surface area contributed by atoms with Crippen molar-refractivity contribution in [1.29, 1.82) is 0 Å². The summed E-state index contributed by atoms with van der Waals surface area (Å²) in [7, 11) is -0.777. The van der Waals surface area contributed by atoms with Crippen molar-refractivity contribution in [2.24, 2.45) is 0 Å². The Balaban J connectivity index is 0.00000199. The van der Waals surface area contributed by atoms with Crippen LogP contribution >= 0.6 is 11.6 Å². The molecule has 6 nitrogen and oxygen atoms in total. The summed E-state index contributed by atoms with van der Waals surface area (Å²) in [4.78, 5) is 16.5. The van der Waals surface area contributed by atoms with Gasteiger partial charge in [0.25, 0.3) is 5.91 Å². The average molecular weight is 501 g/mol. The highest BCUT2D eigenvalue weighted by Gasteiger charge is 2.52. The van der Waals surface area contributed by atoms with Gasteiger partial charge < -0.3 is 19.4 Å². The van der Waals surface area contributed by atoms with E-state index in [9.17, 15) is 18.0 Å². The molecule has 34 heavy (non-hydrogen) atoms. The summed E-state index contributed by atoms with van der Waals surface area (Å²) in [5, 5.41) is 2.40. The second-order valence-electron chi connectivity index (χ2n) is 8.27. The van der Waals surface area contributed by atoms with Crippen LogP contribution in [-0.4, -0.2) is 35.8 Å². The molecule has 1 aliphatic rings. The molecule has 11 heteroatoms. The molecule has 1 aliphatic heterocycles. The predicted molar refractivity (Wildman–Crippen MR) is 127 cm³/mol. The summed E-state index contributed by atoms with van der Waals surface area (Å²) in [6.45, 7) is 13.7. The summed E-state index contributed by atoms with van der Waals surface area (Å²) in [6.07, 6.45) is -3.60. The van der Waals surface area contributed by atoms with Crippen molar-refractivity contribution in [3.05, 3.63) is 46.6 Å². The molecule has 0 radical (unpaired) electrons. The highest BCUT2D eigenvalue weighted by atomic mass is 35.5. The number of hydrogen-bond acceptors (Lipinski definition) is 5. The third-order valence-corrected chi connectivity index (χ3v) is 5.79. The number of ether oxygens (including phenoxy) is 1. The molecule has 0 bridgehead atoms. The second kappa shape index (κ2) is 10.5. The number of pyridine rings is 1. The minimum absolute atomic E-state index is 0.00888. The highest BCUT2D eigenvalue weighted by molar-refractivity contribution is 6.63. The zero-order valence-corrected chi connectivity index (χ0v) is 21.0. The summed E-state index contributed by atoms with van der Waals surface area (Å²) in [6, 6.07) is 4.47.